The number of nitrogens with one attached hydrogen (secondary N) is 1. The van der Waals surface area contributed by atoms with E-state index in [0.717, 1.165) is 15.7 Å². The molecule has 1 aromatic heterocycles. The van der Waals surface area contributed by atoms with Crippen molar-refractivity contribution in [3.05, 3.63) is 57.8 Å². The van der Waals surface area contributed by atoms with E-state index in [1.165, 1.54) is 6.20 Å². The Morgan fingerprint density at radius 3 is 2.64 bits per heavy atom. The van der Waals surface area contributed by atoms with Crippen LogP contribution in [0.4, 0.5) is 5.69 Å². The fourth-order valence-corrected chi connectivity index (χ4v) is 2.23. The van der Waals surface area contributed by atoms with E-state index in [4.69, 9.17) is 4.74 Å². The number of aryl methyl sites for hydroxylation is 2. The molecule has 0 aliphatic rings. The Morgan fingerprint density at radius 2 is 2.00 bits per heavy atom. The molecule has 2 aromatic rings. The number of hydrogen-bond donors (Lipinski definition) is 1. The third-order valence-corrected chi connectivity index (χ3v) is 3.44. The van der Waals surface area contributed by atoms with Crippen molar-refractivity contribution in [2.24, 2.45) is 0 Å². The van der Waals surface area contributed by atoms with Gasteiger partial charge in [-0.2, -0.15) is 0 Å². The fraction of sp³-hybridized carbons (Fsp3) is 0.188. The summed E-state index contributed by atoms with van der Waals surface area (Å²) in [6, 6.07) is 8.82. The van der Waals surface area contributed by atoms with Gasteiger partial charge in [0, 0.05) is 22.1 Å². The van der Waals surface area contributed by atoms with Crippen LogP contribution >= 0.6 is 15.9 Å². The van der Waals surface area contributed by atoms with Gasteiger partial charge < -0.3 is 10.1 Å². The molecule has 5 nitrogen and oxygen atoms in total. The van der Waals surface area contributed by atoms with Crippen LogP contribution in [-0.4, -0.2) is 23.5 Å². The number of anilines is 1. The van der Waals surface area contributed by atoms with Crippen LogP contribution in [0.15, 0.2) is 41.0 Å². The van der Waals surface area contributed by atoms with E-state index in [1.54, 1.807) is 18.2 Å². The molecule has 0 atom stereocenters. The minimum atomic E-state index is -0.574. The smallest absolute Gasteiger partial charge is 0.340 e. The van der Waals surface area contributed by atoms with E-state index < -0.39 is 5.97 Å². The van der Waals surface area contributed by atoms with Crippen LogP contribution in [0, 0.1) is 13.8 Å². The maximum Gasteiger partial charge on any atom is 0.340 e. The number of ether oxygens (including phenoxy) is 1. The summed E-state index contributed by atoms with van der Waals surface area (Å²) in [6.45, 7) is 3.36. The molecule has 2 rings (SSSR count). The topological polar surface area (TPSA) is 68.3 Å². The molecular weight excluding hydrogens is 348 g/mol. The average Bonchev–Trinajstić information content (AvgIpc) is 2.48. The zero-order valence-corrected chi connectivity index (χ0v) is 13.8. The van der Waals surface area contributed by atoms with Crippen molar-refractivity contribution in [1.82, 2.24) is 4.98 Å². The molecule has 1 amide bonds. The number of esters is 1. The Kier molecular flexibility index (Phi) is 5.27. The lowest BCUT2D eigenvalue weighted by Crippen LogP contribution is -2.21. The van der Waals surface area contributed by atoms with Gasteiger partial charge in [0.05, 0.1) is 5.56 Å². The molecule has 114 valence electrons. The summed E-state index contributed by atoms with van der Waals surface area (Å²) < 4.78 is 5.90. The van der Waals surface area contributed by atoms with Gasteiger partial charge in [0.25, 0.3) is 5.91 Å². The number of benzene rings is 1. The van der Waals surface area contributed by atoms with Crippen LogP contribution in [0.25, 0.3) is 0 Å². The van der Waals surface area contributed by atoms with E-state index in [2.05, 4.69) is 26.2 Å². The van der Waals surface area contributed by atoms with Crippen LogP contribution in [0.1, 0.15) is 21.6 Å². The number of carbonyl (C=O) groups excluding carboxylic acids is 2. The van der Waals surface area contributed by atoms with Gasteiger partial charge in [-0.3, -0.25) is 9.78 Å². The van der Waals surface area contributed by atoms with Crippen molar-refractivity contribution in [2.45, 2.75) is 13.8 Å². The SMILES string of the molecule is Cc1ccc(C(=O)OCC(=O)Nc2ccc(Br)cc2C)cn1. The molecule has 0 bridgehead atoms. The van der Waals surface area contributed by atoms with E-state index in [0.29, 0.717) is 11.3 Å². The van der Waals surface area contributed by atoms with E-state index in [-0.39, 0.29) is 12.5 Å². The van der Waals surface area contributed by atoms with Gasteiger partial charge in [0.15, 0.2) is 6.61 Å². The Labute approximate surface area is 136 Å². The van der Waals surface area contributed by atoms with Gasteiger partial charge in [-0.15, -0.1) is 0 Å². The molecule has 6 heteroatoms. The van der Waals surface area contributed by atoms with Gasteiger partial charge in [-0.25, -0.2) is 4.79 Å². The summed E-state index contributed by atoms with van der Waals surface area (Å²) in [5.74, 6) is -0.964. The summed E-state index contributed by atoms with van der Waals surface area (Å²) >= 11 is 3.36. The zero-order chi connectivity index (χ0) is 16.1. The number of amides is 1. The number of hydrogen-bond acceptors (Lipinski definition) is 4. The number of aromatic nitrogens is 1. The molecule has 1 aromatic carbocycles. The molecule has 0 aliphatic heterocycles. The third-order valence-electron chi connectivity index (χ3n) is 2.94. The maximum atomic E-state index is 11.8. The summed E-state index contributed by atoms with van der Waals surface area (Å²) in [5.41, 5.74) is 2.72. The minimum Gasteiger partial charge on any atom is -0.452 e. The van der Waals surface area contributed by atoms with Crippen molar-refractivity contribution in [3.63, 3.8) is 0 Å². The lowest BCUT2D eigenvalue weighted by Gasteiger charge is -2.09. The van der Waals surface area contributed by atoms with Gasteiger partial charge in [-0.05, 0) is 49.7 Å². The van der Waals surface area contributed by atoms with E-state index in [1.807, 2.05) is 26.0 Å². The Balaban J connectivity index is 1.89. The van der Waals surface area contributed by atoms with Crippen molar-refractivity contribution in [3.8, 4) is 0 Å². The predicted molar refractivity (Wildman–Crippen MR) is 86.8 cm³/mol. The highest BCUT2D eigenvalue weighted by atomic mass is 79.9. The fourth-order valence-electron chi connectivity index (χ4n) is 1.76. The molecule has 0 saturated carbocycles. The van der Waals surface area contributed by atoms with Crippen LogP contribution in [0.5, 0.6) is 0 Å². The van der Waals surface area contributed by atoms with Gasteiger partial charge >= 0.3 is 5.97 Å². The van der Waals surface area contributed by atoms with Crippen LogP contribution < -0.4 is 5.32 Å². The number of pyridine rings is 1. The summed E-state index contributed by atoms with van der Waals surface area (Å²) in [5, 5.41) is 2.70. The average molecular weight is 363 g/mol. The van der Waals surface area contributed by atoms with Crippen LogP contribution in [0.3, 0.4) is 0 Å². The molecule has 0 fully saturated rings. The lowest BCUT2D eigenvalue weighted by molar-refractivity contribution is -0.119. The zero-order valence-electron chi connectivity index (χ0n) is 12.2. The Bertz CT molecular complexity index is 699. The first kappa shape index (κ1) is 16.2. The highest BCUT2D eigenvalue weighted by Crippen LogP contribution is 2.19. The number of nitrogens with zero attached hydrogens (tertiary/aromatic N) is 1. The molecule has 22 heavy (non-hydrogen) atoms. The minimum absolute atomic E-state index is 0.318. The van der Waals surface area contributed by atoms with Crippen LogP contribution in [0.2, 0.25) is 0 Å². The molecule has 1 heterocycles. The lowest BCUT2D eigenvalue weighted by atomic mass is 10.2. The third kappa shape index (κ3) is 4.39. The highest BCUT2D eigenvalue weighted by Gasteiger charge is 2.11. The summed E-state index contributed by atoms with van der Waals surface area (Å²) in [7, 11) is 0. The highest BCUT2D eigenvalue weighted by molar-refractivity contribution is 9.10. The van der Waals surface area contributed by atoms with E-state index in [9.17, 15) is 9.59 Å². The van der Waals surface area contributed by atoms with Gasteiger partial charge in [-0.1, -0.05) is 15.9 Å². The van der Waals surface area contributed by atoms with Crippen LogP contribution in [-0.2, 0) is 9.53 Å². The second-order valence-corrected chi connectivity index (χ2v) is 5.69. The second kappa shape index (κ2) is 7.17. The first-order chi connectivity index (χ1) is 10.5. The molecule has 0 unspecified atom stereocenters. The van der Waals surface area contributed by atoms with Gasteiger partial charge in [0.1, 0.15) is 0 Å². The monoisotopic (exact) mass is 362 g/mol. The predicted octanol–water partition coefficient (Wildman–Crippen LogP) is 3.26. The van der Waals surface area contributed by atoms with Crippen molar-refractivity contribution < 1.29 is 14.3 Å². The van der Waals surface area contributed by atoms with Crippen molar-refractivity contribution in [2.75, 3.05) is 11.9 Å². The number of halogens is 1. The normalized spacial score (nSPS) is 10.1. The maximum absolute atomic E-state index is 11.8. The molecule has 0 spiro atoms. The Morgan fingerprint density at radius 1 is 1.23 bits per heavy atom. The van der Waals surface area contributed by atoms with Crippen molar-refractivity contribution in [1.29, 1.82) is 0 Å². The molecule has 0 aliphatic carbocycles. The van der Waals surface area contributed by atoms with Crippen molar-refractivity contribution >= 4 is 33.5 Å². The summed E-state index contributed by atoms with van der Waals surface area (Å²) in [4.78, 5) is 27.6. The first-order valence-corrected chi connectivity index (χ1v) is 7.41. The Hall–Kier alpha value is -2.21. The molecule has 1 N–H and O–H groups in total. The first-order valence-electron chi connectivity index (χ1n) is 6.61. The number of carbonyl (C=O) groups is 2. The standard InChI is InChI=1S/C16H15BrN2O3/c1-10-7-13(17)5-6-14(10)19-15(20)9-22-16(21)12-4-3-11(2)18-8-12/h3-8H,9H2,1-2H3,(H,19,20). The summed E-state index contributed by atoms with van der Waals surface area (Å²) in [6.07, 6.45) is 1.43. The van der Waals surface area contributed by atoms with Gasteiger partial charge in [0.2, 0.25) is 0 Å². The second-order valence-electron chi connectivity index (χ2n) is 4.77. The number of rotatable bonds is 4. The van der Waals surface area contributed by atoms with E-state index >= 15 is 0 Å². The quantitative estimate of drug-likeness (QED) is 0.847. The largest absolute Gasteiger partial charge is 0.452 e. The molecular formula is C16H15BrN2O3. The molecule has 0 saturated heterocycles. The molecule has 0 radical (unpaired) electrons.